The zero-order valence-electron chi connectivity index (χ0n) is 12.7. The van der Waals surface area contributed by atoms with Gasteiger partial charge in [0.15, 0.2) is 0 Å². The number of allylic oxidation sites excluding steroid dienone is 1. The first-order valence-electron chi connectivity index (χ1n) is 7.46. The Kier molecular flexibility index (Phi) is 3.88. The lowest BCUT2D eigenvalue weighted by atomic mass is 9.89. The summed E-state index contributed by atoms with van der Waals surface area (Å²) in [4.78, 5) is 2.44. The van der Waals surface area contributed by atoms with E-state index >= 15 is 0 Å². The number of hydrogen-bond acceptors (Lipinski definition) is 3. The third-order valence-corrected chi connectivity index (χ3v) is 3.89. The molecule has 0 saturated heterocycles. The van der Waals surface area contributed by atoms with Crippen molar-refractivity contribution in [2.45, 2.75) is 26.8 Å². The minimum atomic E-state index is 0.309. The number of benzene rings is 1. The fraction of sp³-hybridized carbons (Fsp3) is 0.412. The molecule has 3 rings (SSSR count). The Morgan fingerprint density at radius 1 is 1.14 bits per heavy atom. The number of rotatable bonds is 3. The van der Waals surface area contributed by atoms with E-state index in [2.05, 4.69) is 58.4 Å². The standard InChI is InChI=1S/C17H22N4/c1-17(2)10-6-7-11-21(13-17)12-15-16(19-20-18-15)14-8-4-3-5-9-14/h3-9H,10-13H2,1-2H3,(H,18,19,20). The van der Waals surface area contributed by atoms with Crippen molar-refractivity contribution in [1.29, 1.82) is 0 Å². The van der Waals surface area contributed by atoms with E-state index < -0.39 is 0 Å². The molecule has 0 saturated carbocycles. The molecule has 1 aromatic heterocycles. The van der Waals surface area contributed by atoms with E-state index in [1.807, 2.05) is 18.2 Å². The largest absolute Gasteiger partial charge is 0.293 e. The maximum absolute atomic E-state index is 4.36. The minimum Gasteiger partial charge on any atom is -0.293 e. The highest BCUT2D eigenvalue weighted by molar-refractivity contribution is 5.60. The number of aromatic nitrogens is 3. The van der Waals surface area contributed by atoms with Crippen molar-refractivity contribution >= 4 is 0 Å². The molecule has 0 aliphatic carbocycles. The van der Waals surface area contributed by atoms with Crippen molar-refractivity contribution in [2.75, 3.05) is 13.1 Å². The highest BCUT2D eigenvalue weighted by atomic mass is 15.3. The molecule has 4 nitrogen and oxygen atoms in total. The van der Waals surface area contributed by atoms with Crippen LogP contribution in [0.15, 0.2) is 42.5 Å². The lowest BCUT2D eigenvalue weighted by molar-refractivity contribution is 0.194. The average molecular weight is 282 g/mol. The number of H-pyrrole nitrogens is 1. The van der Waals surface area contributed by atoms with Crippen LogP contribution in [0.25, 0.3) is 11.3 Å². The van der Waals surface area contributed by atoms with Gasteiger partial charge < -0.3 is 0 Å². The van der Waals surface area contributed by atoms with Crippen LogP contribution in [0.2, 0.25) is 0 Å². The van der Waals surface area contributed by atoms with E-state index in [4.69, 9.17) is 0 Å². The molecule has 0 bridgehead atoms. The molecule has 0 unspecified atom stereocenters. The van der Waals surface area contributed by atoms with Gasteiger partial charge in [0, 0.05) is 25.2 Å². The van der Waals surface area contributed by atoms with E-state index in [9.17, 15) is 0 Å². The Morgan fingerprint density at radius 3 is 2.76 bits per heavy atom. The van der Waals surface area contributed by atoms with Crippen LogP contribution >= 0.6 is 0 Å². The van der Waals surface area contributed by atoms with Gasteiger partial charge in [-0.1, -0.05) is 56.3 Å². The molecule has 0 radical (unpaired) electrons. The summed E-state index contributed by atoms with van der Waals surface area (Å²) in [5.41, 5.74) is 3.41. The van der Waals surface area contributed by atoms with Crippen LogP contribution < -0.4 is 0 Å². The third-order valence-electron chi connectivity index (χ3n) is 3.89. The molecule has 1 aliphatic heterocycles. The molecule has 0 spiro atoms. The molecular weight excluding hydrogens is 260 g/mol. The van der Waals surface area contributed by atoms with E-state index in [-0.39, 0.29) is 0 Å². The van der Waals surface area contributed by atoms with Crippen LogP contribution in [-0.2, 0) is 6.54 Å². The van der Waals surface area contributed by atoms with Crippen molar-refractivity contribution in [3.8, 4) is 11.3 Å². The van der Waals surface area contributed by atoms with Gasteiger partial charge in [-0.3, -0.25) is 4.90 Å². The number of nitrogens with one attached hydrogen (secondary N) is 1. The molecule has 21 heavy (non-hydrogen) atoms. The number of aromatic amines is 1. The average Bonchev–Trinajstić information content (AvgIpc) is 2.84. The second-order valence-corrected chi connectivity index (χ2v) is 6.49. The third kappa shape index (κ3) is 3.39. The van der Waals surface area contributed by atoms with Crippen molar-refractivity contribution in [2.24, 2.45) is 5.41 Å². The van der Waals surface area contributed by atoms with Crippen molar-refractivity contribution < 1.29 is 0 Å². The first-order chi connectivity index (χ1) is 10.1. The Bertz CT molecular complexity index is 613. The second kappa shape index (κ2) is 5.82. The molecule has 2 heterocycles. The highest BCUT2D eigenvalue weighted by Gasteiger charge is 2.23. The van der Waals surface area contributed by atoms with Crippen LogP contribution in [0.5, 0.6) is 0 Å². The lowest BCUT2D eigenvalue weighted by Gasteiger charge is -2.29. The van der Waals surface area contributed by atoms with Crippen LogP contribution in [0.4, 0.5) is 0 Å². The summed E-state index contributed by atoms with van der Waals surface area (Å²) in [7, 11) is 0. The van der Waals surface area contributed by atoms with Gasteiger partial charge in [0.1, 0.15) is 11.4 Å². The second-order valence-electron chi connectivity index (χ2n) is 6.49. The monoisotopic (exact) mass is 282 g/mol. The maximum atomic E-state index is 4.36. The van der Waals surface area contributed by atoms with E-state index in [0.717, 1.165) is 43.0 Å². The summed E-state index contributed by atoms with van der Waals surface area (Å²) in [5.74, 6) is 0. The van der Waals surface area contributed by atoms with E-state index in [1.54, 1.807) is 0 Å². The SMILES string of the molecule is CC1(C)CC=CCN(Cc2n[nH]nc2-c2ccccc2)C1. The molecule has 0 amide bonds. The summed E-state index contributed by atoms with van der Waals surface area (Å²) in [5, 5.41) is 11.5. The summed E-state index contributed by atoms with van der Waals surface area (Å²) in [6.45, 7) is 7.51. The van der Waals surface area contributed by atoms with Crippen molar-refractivity contribution in [3.63, 3.8) is 0 Å². The summed E-state index contributed by atoms with van der Waals surface area (Å²) in [6, 6.07) is 10.2. The van der Waals surface area contributed by atoms with Gasteiger partial charge in [-0.2, -0.15) is 15.4 Å². The summed E-state index contributed by atoms with van der Waals surface area (Å²) in [6.07, 6.45) is 5.69. The number of nitrogens with zero attached hydrogens (tertiary/aromatic N) is 3. The Labute approximate surface area is 125 Å². The van der Waals surface area contributed by atoms with Gasteiger partial charge in [0.05, 0.1) is 0 Å². The molecule has 0 fully saturated rings. The smallest absolute Gasteiger partial charge is 0.117 e. The van der Waals surface area contributed by atoms with Gasteiger partial charge in [0.2, 0.25) is 0 Å². The van der Waals surface area contributed by atoms with Gasteiger partial charge in [-0.25, -0.2) is 0 Å². The molecule has 4 heteroatoms. The maximum Gasteiger partial charge on any atom is 0.117 e. The molecular formula is C17H22N4. The zero-order valence-corrected chi connectivity index (χ0v) is 12.7. The number of hydrogen-bond donors (Lipinski definition) is 1. The first kappa shape index (κ1) is 14.0. The quantitative estimate of drug-likeness (QED) is 0.879. The van der Waals surface area contributed by atoms with Crippen molar-refractivity contribution in [1.82, 2.24) is 20.3 Å². The van der Waals surface area contributed by atoms with Crippen LogP contribution in [0.1, 0.15) is 26.0 Å². The molecule has 1 aliphatic rings. The first-order valence-corrected chi connectivity index (χ1v) is 7.46. The minimum absolute atomic E-state index is 0.309. The Balaban J connectivity index is 1.80. The topological polar surface area (TPSA) is 44.8 Å². The van der Waals surface area contributed by atoms with Crippen LogP contribution in [0.3, 0.4) is 0 Å². The van der Waals surface area contributed by atoms with Gasteiger partial charge in [-0.15, -0.1) is 0 Å². The van der Waals surface area contributed by atoms with Gasteiger partial charge >= 0.3 is 0 Å². The highest BCUT2D eigenvalue weighted by Crippen LogP contribution is 2.27. The molecule has 1 aromatic carbocycles. The lowest BCUT2D eigenvalue weighted by Crippen LogP contribution is -2.32. The zero-order chi connectivity index (χ0) is 14.7. The van der Waals surface area contributed by atoms with E-state index in [0.29, 0.717) is 5.41 Å². The summed E-state index contributed by atoms with van der Waals surface area (Å²) < 4.78 is 0. The fourth-order valence-electron chi connectivity index (χ4n) is 2.88. The normalized spacial score (nSPS) is 18.6. The summed E-state index contributed by atoms with van der Waals surface area (Å²) >= 11 is 0. The predicted octanol–water partition coefficient (Wildman–Crippen LogP) is 3.26. The van der Waals surface area contributed by atoms with Gasteiger partial charge in [-0.05, 0) is 11.8 Å². The molecule has 110 valence electrons. The van der Waals surface area contributed by atoms with E-state index in [1.165, 1.54) is 0 Å². The molecule has 1 N–H and O–H groups in total. The van der Waals surface area contributed by atoms with Crippen LogP contribution in [0, 0.1) is 5.41 Å². The molecule has 0 atom stereocenters. The van der Waals surface area contributed by atoms with Crippen molar-refractivity contribution in [3.05, 3.63) is 48.2 Å². The Hall–Kier alpha value is -1.94. The molecule has 2 aromatic rings. The van der Waals surface area contributed by atoms with Crippen LogP contribution in [-0.4, -0.2) is 33.4 Å². The Morgan fingerprint density at radius 2 is 1.95 bits per heavy atom. The predicted molar refractivity (Wildman–Crippen MR) is 84.6 cm³/mol. The fourth-order valence-corrected chi connectivity index (χ4v) is 2.88. The van der Waals surface area contributed by atoms with Gasteiger partial charge in [0.25, 0.3) is 0 Å².